The number of amides is 3. The Balaban J connectivity index is 1.49. The number of hydrogen-bond acceptors (Lipinski definition) is 4. The van der Waals surface area contributed by atoms with Crippen molar-refractivity contribution in [2.24, 2.45) is 5.92 Å². The minimum absolute atomic E-state index is 0.0370. The first-order chi connectivity index (χ1) is 14.7. The molecule has 0 saturated carbocycles. The third-order valence-electron chi connectivity index (χ3n) is 6.36. The number of nitrogens with zero attached hydrogens (tertiary/aromatic N) is 3. The molecule has 0 atom stereocenters. The molecule has 0 radical (unpaired) electrons. The number of rotatable bonds is 3. The van der Waals surface area contributed by atoms with E-state index in [-0.39, 0.29) is 17.7 Å². The van der Waals surface area contributed by atoms with E-state index in [1.807, 2.05) is 18.7 Å². The van der Waals surface area contributed by atoms with Crippen LogP contribution in [-0.2, 0) is 21.7 Å². The number of nitrogens with one attached hydrogen (secondary N) is 2. The highest BCUT2D eigenvalue weighted by Gasteiger charge is 2.45. The normalized spacial score (nSPS) is 18.1. The van der Waals surface area contributed by atoms with Crippen molar-refractivity contribution in [3.05, 3.63) is 46.9 Å². The maximum atomic E-state index is 13.3. The Hall–Kier alpha value is -3.23. The second-order valence-electron chi connectivity index (χ2n) is 8.65. The van der Waals surface area contributed by atoms with Gasteiger partial charge in [0.2, 0.25) is 11.8 Å². The van der Waals surface area contributed by atoms with E-state index in [9.17, 15) is 18.8 Å². The summed E-state index contributed by atoms with van der Waals surface area (Å²) in [5, 5.41) is 9.99. The molecule has 1 fully saturated rings. The molecule has 2 aliphatic rings. The van der Waals surface area contributed by atoms with Crippen LogP contribution in [0.4, 0.5) is 10.2 Å². The average Bonchev–Trinajstić information content (AvgIpc) is 3.26. The topological polar surface area (TPSA) is 98.4 Å². The van der Waals surface area contributed by atoms with Crippen LogP contribution in [0.3, 0.4) is 0 Å². The number of anilines is 1. The number of hydrogen-bond donors (Lipinski definition) is 2. The van der Waals surface area contributed by atoms with E-state index in [0.29, 0.717) is 43.9 Å². The zero-order chi connectivity index (χ0) is 22.3. The van der Waals surface area contributed by atoms with E-state index in [1.165, 1.54) is 24.3 Å². The molecule has 0 bridgehead atoms. The zero-order valence-electron chi connectivity index (χ0n) is 17.9. The monoisotopic (exact) mass is 427 g/mol. The van der Waals surface area contributed by atoms with E-state index in [0.717, 1.165) is 11.3 Å². The Morgan fingerprint density at radius 3 is 2.42 bits per heavy atom. The Labute approximate surface area is 179 Å². The fourth-order valence-corrected chi connectivity index (χ4v) is 4.42. The van der Waals surface area contributed by atoms with Crippen LogP contribution in [0.1, 0.15) is 55.2 Å². The van der Waals surface area contributed by atoms with E-state index in [1.54, 1.807) is 11.8 Å². The number of H-pyrrole nitrogens is 1. The van der Waals surface area contributed by atoms with Gasteiger partial charge in [0.15, 0.2) is 5.82 Å². The van der Waals surface area contributed by atoms with Crippen LogP contribution in [0.25, 0.3) is 0 Å². The van der Waals surface area contributed by atoms with Crippen LogP contribution in [0.15, 0.2) is 24.3 Å². The van der Waals surface area contributed by atoms with Gasteiger partial charge in [-0.25, -0.2) is 4.39 Å². The second-order valence-corrected chi connectivity index (χ2v) is 8.65. The molecule has 164 valence electrons. The molecule has 1 saturated heterocycles. The third-order valence-corrected chi connectivity index (χ3v) is 6.36. The van der Waals surface area contributed by atoms with Crippen LogP contribution in [0, 0.1) is 11.7 Å². The van der Waals surface area contributed by atoms with Crippen molar-refractivity contribution in [1.82, 2.24) is 20.0 Å². The van der Waals surface area contributed by atoms with Crippen LogP contribution < -0.4 is 5.32 Å². The minimum Gasteiger partial charge on any atom is -0.343 e. The van der Waals surface area contributed by atoms with Gasteiger partial charge in [0.05, 0.1) is 17.8 Å². The highest BCUT2D eigenvalue weighted by atomic mass is 19.1. The molecule has 2 aromatic rings. The summed E-state index contributed by atoms with van der Waals surface area (Å²) >= 11 is 0. The molecular weight excluding hydrogens is 401 g/mol. The summed E-state index contributed by atoms with van der Waals surface area (Å²) in [5.41, 5.74) is 1.28. The van der Waals surface area contributed by atoms with Gasteiger partial charge >= 0.3 is 0 Å². The number of fused-ring (bicyclic) bond motifs is 1. The number of aromatic amines is 1. The van der Waals surface area contributed by atoms with Crippen LogP contribution in [0.5, 0.6) is 0 Å². The summed E-state index contributed by atoms with van der Waals surface area (Å²) < 4.78 is 13.1. The SMILES string of the molecule is CC(=O)N1CCC(C(=O)N2Cc3c(NC(=O)c4ccc(F)cc4)n[nH]c3C2(C)C)CC1. The van der Waals surface area contributed by atoms with Gasteiger partial charge in [0.1, 0.15) is 5.82 Å². The Morgan fingerprint density at radius 1 is 1.16 bits per heavy atom. The summed E-state index contributed by atoms with van der Waals surface area (Å²) in [6.45, 7) is 6.96. The molecule has 9 heteroatoms. The smallest absolute Gasteiger partial charge is 0.256 e. The molecular formula is C22H26FN5O3. The summed E-state index contributed by atoms with van der Waals surface area (Å²) in [6, 6.07) is 5.27. The van der Waals surface area contributed by atoms with Crippen molar-refractivity contribution in [3.63, 3.8) is 0 Å². The van der Waals surface area contributed by atoms with Crippen LogP contribution >= 0.6 is 0 Å². The first kappa shape index (κ1) is 21.0. The van der Waals surface area contributed by atoms with Gasteiger partial charge in [-0.05, 0) is 51.0 Å². The first-order valence-corrected chi connectivity index (χ1v) is 10.4. The van der Waals surface area contributed by atoms with Gasteiger partial charge in [-0.1, -0.05) is 0 Å². The van der Waals surface area contributed by atoms with Gasteiger partial charge in [0.25, 0.3) is 5.91 Å². The lowest BCUT2D eigenvalue weighted by molar-refractivity contribution is -0.144. The van der Waals surface area contributed by atoms with Crippen molar-refractivity contribution < 1.29 is 18.8 Å². The lowest BCUT2D eigenvalue weighted by Crippen LogP contribution is -2.47. The minimum atomic E-state index is -0.601. The van der Waals surface area contributed by atoms with E-state index < -0.39 is 17.3 Å². The van der Waals surface area contributed by atoms with Crippen molar-refractivity contribution in [2.75, 3.05) is 18.4 Å². The van der Waals surface area contributed by atoms with Gasteiger partial charge in [0, 0.05) is 37.1 Å². The fraction of sp³-hybridized carbons (Fsp3) is 0.455. The zero-order valence-corrected chi connectivity index (χ0v) is 17.9. The summed E-state index contributed by atoms with van der Waals surface area (Å²) in [4.78, 5) is 41.0. The predicted octanol–water partition coefficient (Wildman–Crippen LogP) is 2.64. The Bertz CT molecular complexity index is 1020. The molecule has 1 aromatic carbocycles. The maximum Gasteiger partial charge on any atom is 0.256 e. The molecule has 31 heavy (non-hydrogen) atoms. The lowest BCUT2D eigenvalue weighted by atomic mass is 9.93. The van der Waals surface area contributed by atoms with Crippen LogP contribution in [0.2, 0.25) is 0 Å². The fourth-order valence-electron chi connectivity index (χ4n) is 4.42. The highest BCUT2D eigenvalue weighted by molar-refractivity contribution is 6.04. The summed E-state index contributed by atoms with van der Waals surface area (Å²) in [5.74, 6) is -0.484. The third kappa shape index (κ3) is 3.80. The number of carbonyl (C=O) groups is 3. The molecule has 2 aliphatic heterocycles. The number of carbonyl (C=O) groups excluding carboxylic acids is 3. The second kappa shape index (κ2) is 7.79. The van der Waals surface area contributed by atoms with Crippen molar-refractivity contribution in [2.45, 2.75) is 45.7 Å². The maximum absolute atomic E-state index is 13.3. The van der Waals surface area contributed by atoms with Crippen molar-refractivity contribution >= 4 is 23.5 Å². The number of piperidine rings is 1. The van der Waals surface area contributed by atoms with Gasteiger partial charge in [-0.15, -0.1) is 0 Å². The average molecular weight is 427 g/mol. The summed E-state index contributed by atoms with van der Waals surface area (Å²) in [7, 11) is 0. The number of aromatic nitrogens is 2. The number of halogens is 1. The van der Waals surface area contributed by atoms with E-state index in [2.05, 4.69) is 15.5 Å². The molecule has 2 N–H and O–H groups in total. The van der Waals surface area contributed by atoms with E-state index >= 15 is 0 Å². The Kier molecular flexibility index (Phi) is 5.28. The molecule has 1 aromatic heterocycles. The summed E-state index contributed by atoms with van der Waals surface area (Å²) in [6.07, 6.45) is 1.29. The quantitative estimate of drug-likeness (QED) is 0.787. The number of likely N-dealkylation sites (tertiary alicyclic amines) is 1. The first-order valence-electron chi connectivity index (χ1n) is 10.4. The standard InChI is InChI=1S/C22H26FN5O3/c1-13(29)27-10-8-15(9-11-27)21(31)28-12-17-18(22(28,2)3)25-26-19(17)24-20(30)14-4-6-16(23)7-5-14/h4-7,15H,8-12H2,1-3H3,(H2,24,25,26,30). The van der Waals surface area contributed by atoms with Gasteiger partial charge in [-0.3, -0.25) is 19.5 Å². The van der Waals surface area contributed by atoms with Crippen molar-refractivity contribution in [3.8, 4) is 0 Å². The molecule has 0 spiro atoms. The molecule has 3 heterocycles. The molecule has 4 rings (SSSR count). The highest BCUT2D eigenvalue weighted by Crippen LogP contribution is 2.42. The molecule has 8 nitrogen and oxygen atoms in total. The largest absolute Gasteiger partial charge is 0.343 e. The van der Waals surface area contributed by atoms with Crippen LogP contribution in [-0.4, -0.2) is 50.8 Å². The predicted molar refractivity (Wildman–Crippen MR) is 111 cm³/mol. The molecule has 0 aliphatic carbocycles. The molecule has 3 amide bonds. The van der Waals surface area contributed by atoms with Crippen molar-refractivity contribution in [1.29, 1.82) is 0 Å². The number of benzene rings is 1. The van der Waals surface area contributed by atoms with E-state index in [4.69, 9.17) is 0 Å². The van der Waals surface area contributed by atoms with Gasteiger partial charge in [-0.2, -0.15) is 5.10 Å². The molecule has 0 unspecified atom stereocenters. The lowest BCUT2D eigenvalue weighted by Gasteiger charge is -2.37. The van der Waals surface area contributed by atoms with Gasteiger partial charge < -0.3 is 15.1 Å². The Morgan fingerprint density at radius 2 is 1.81 bits per heavy atom.